The number of aliphatic hydroxyl groups excluding tert-OH is 1. The van der Waals surface area contributed by atoms with Crippen LogP contribution in [0.2, 0.25) is 0 Å². The number of benzene rings is 1. The Morgan fingerprint density at radius 2 is 2.05 bits per heavy atom. The van der Waals surface area contributed by atoms with E-state index in [4.69, 9.17) is 0 Å². The third-order valence-corrected chi connectivity index (χ3v) is 4.23. The summed E-state index contributed by atoms with van der Waals surface area (Å²) in [7, 11) is 0. The average molecular weight is 256 g/mol. The van der Waals surface area contributed by atoms with Crippen LogP contribution in [0, 0.1) is 0 Å². The van der Waals surface area contributed by atoms with Crippen molar-refractivity contribution in [2.24, 2.45) is 0 Å². The third kappa shape index (κ3) is 1.98. The Labute approximate surface area is 113 Å². The number of fused-ring (bicyclic) bond motifs is 1. The van der Waals surface area contributed by atoms with Crippen molar-refractivity contribution in [3.8, 4) is 0 Å². The van der Waals surface area contributed by atoms with Crippen LogP contribution < -0.4 is 0 Å². The summed E-state index contributed by atoms with van der Waals surface area (Å²) < 4.78 is 2.15. The first-order valence-corrected chi connectivity index (χ1v) is 7.01. The van der Waals surface area contributed by atoms with E-state index in [1.54, 1.807) is 0 Å². The third-order valence-electron chi connectivity index (χ3n) is 4.23. The highest BCUT2D eigenvalue weighted by Crippen LogP contribution is 2.43. The van der Waals surface area contributed by atoms with Crippen molar-refractivity contribution in [3.63, 3.8) is 0 Å². The molecule has 1 aliphatic rings. The molecular formula is C16H20N2O. The average Bonchev–Trinajstić information content (AvgIpc) is 2.91. The van der Waals surface area contributed by atoms with E-state index < -0.39 is 6.10 Å². The number of aliphatic hydroxyl groups is 1. The molecule has 3 nitrogen and oxygen atoms in total. The Kier molecular flexibility index (Phi) is 3.15. The van der Waals surface area contributed by atoms with Gasteiger partial charge in [-0.15, -0.1) is 0 Å². The molecule has 100 valence electrons. The highest BCUT2D eigenvalue weighted by atomic mass is 16.3. The maximum absolute atomic E-state index is 10.7. The summed E-state index contributed by atoms with van der Waals surface area (Å²) in [4.78, 5) is 4.38. The molecule has 3 atom stereocenters. The summed E-state index contributed by atoms with van der Waals surface area (Å²) in [5.74, 6) is 1.52. The lowest BCUT2D eigenvalue weighted by atomic mass is 9.79. The Morgan fingerprint density at radius 3 is 2.79 bits per heavy atom. The highest BCUT2D eigenvalue weighted by molar-refractivity contribution is 5.35. The minimum atomic E-state index is -0.438. The first-order chi connectivity index (χ1) is 9.22. The smallest absolute Gasteiger partial charge is 0.108 e. The topological polar surface area (TPSA) is 38.0 Å². The van der Waals surface area contributed by atoms with Crippen LogP contribution in [0.5, 0.6) is 0 Å². The molecule has 0 aliphatic heterocycles. The minimum absolute atomic E-state index is 0.0994. The van der Waals surface area contributed by atoms with Gasteiger partial charge in [-0.25, -0.2) is 4.98 Å². The second-order valence-electron chi connectivity index (χ2n) is 5.38. The van der Waals surface area contributed by atoms with E-state index in [2.05, 4.69) is 35.5 Å². The van der Waals surface area contributed by atoms with Crippen molar-refractivity contribution < 1.29 is 5.11 Å². The Morgan fingerprint density at radius 1 is 1.32 bits per heavy atom. The van der Waals surface area contributed by atoms with Crippen LogP contribution in [0.3, 0.4) is 0 Å². The SMILES string of the molecule is CCc1nccn1C1CC(C)c2ccccc2C1O. The van der Waals surface area contributed by atoms with E-state index in [9.17, 15) is 5.11 Å². The summed E-state index contributed by atoms with van der Waals surface area (Å²) in [5.41, 5.74) is 2.35. The maximum Gasteiger partial charge on any atom is 0.108 e. The number of aromatic nitrogens is 2. The lowest BCUT2D eigenvalue weighted by molar-refractivity contribution is 0.0916. The van der Waals surface area contributed by atoms with Crippen LogP contribution in [0.4, 0.5) is 0 Å². The fourth-order valence-electron chi connectivity index (χ4n) is 3.24. The minimum Gasteiger partial charge on any atom is -0.386 e. The van der Waals surface area contributed by atoms with E-state index in [0.29, 0.717) is 5.92 Å². The molecule has 1 N–H and O–H groups in total. The summed E-state index contributed by atoms with van der Waals surface area (Å²) >= 11 is 0. The summed E-state index contributed by atoms with van der Waals surface area (Å²) in [5, 5.41) is 10.7. The van der Waals surface area contributed by atoms with Crippen molar-refractivity contribution in [1.29, 1.82) is 0 Å². The van der Waals surface area contributed by atoms with Gasteiger partial charge in [-0.05, 0) is 23.5 Å². The van der Waals surface area contributed by atoms with Gasteiger partial charge in [0, 0.05) is 18.8 Å². The molecule has 0 spiro atoms. The van der Waals surface area contributed by atoms with E-state index in [0.717, 1.165) is 24.2 Å². The molecule has 0 radical (unpaired) electrons. The van der Waals surface area contributed by atoms with Gasteiger partial charge in [0.05, 0.1) is 12.1 Å². The molecule has 1 aromatic carbocycles. The van der Waals surface area contributed by atoms with E-state index >= 15 is 0 Å². The van der Waals surface area contributed by atoms with Crippen LogP contribution in [0.15, 0.2) is 36.7 Å². The quantitative estimate of drug-likeness (QED) is 0.895. The normalized spacial score (nSPS) is 26.2. The van der Waals surface area contributed by atoms with Gasteiger partial charge in [-0.1, -0.05) is 38.1 Å². The maximum atomic E-state index is 10.7. The van der Waals surface area contributed by atoms with Crippen LogP contribution in [0.1, 0.15) is 55.3 Å². The largest absolute Gasteiger partial charge is 0.386 e. The second-order valence-corrected chi connectivity index (χ2v) is 5.38. The molecule has 0 saturated carbocycles. The van der Waals surface area contributed by atoms with Crippen molar-refractivity contribution in [2.45, 2.75) is 44.8 Å². The van der Waals surface area contributed by atoms with Gasteiger partial charge >= 0.3 is 0 Å². The van der Waals surface area contributed by atoms with Gasteiger partial charge in [0.25, 0.3) is 0 Å². The zero-order valence-corrected chi connectivity index (χ0v) is 11.5. The fourth-order valence-corrected chi connectivity index (χ4v) is 3.24. The molecule has 3 unspecified atom stereocenters. The van der Waals surface area contributed by atoms with Crippen LogP contribution in [-0.2, 0) is 6.42 Å². The molecule has 0 fully saturated rings. The molecule has 0 saturated heterocycles. The summed E-state index contributed by atoms with van der Waals surface area (Å²) in [6, 6.07) is 8.34. The first kappa shape index (κ1) is 12.4. The fraction of sp³-hybridized carbons (Fsp3) is 0.438. The van der Waals surface area contributed by atoms with Gasteiger partial charge < -0.3 is 9.67 Å². The number of nitrogens with zero attached hydrogens (tertiary/aromatic N) is 2. The number of hydrogen-bond donors (Lipinski definition) is 1. The second kappa shape index (κ2) is 4.82. The molecule has 1 aromatic heterocycles. The standard InChI is InChI=1S/C16H20N2O/c1-3-15-17-8-9-18(15)14-10-11(2)12-6-4-5-7-13(12)16(14)19/h4-9,11,14,16,19H,3,10H2,1-2H3. The number of aryl methyl sites for hydroxylation is 1. The first-order valence-electron chi connectivity index (χ1n) is 7.01. The van der Waals surface area contributed by atoms with Gasteiger partial charge in [-0.3, -0.25) is 0 Å². The lowest BCUT2D eigenvalue weighted by Gasteiger charge is -2.35. The van der Waals surface area contributed by atoms with Gasteiger partial charge in [0.2, 0.25) is 0 Å². The van der Waals surface area contributed by atoms with E-state index in [1.165, 1.54) is 5.56 Å². The van der Waals surface area contributed by atoms with Crippen molar-refractivity contribution in [2.75, 3.05) is 0 Å². The molecule has 2 aromatic rings. The number of imidazole rings is 1. The van der Waals surface area contributed by atoms with Crippen LogP contribution in [0.25, 0.3) is 0 Å². The van der Waals surface area contributed by atoms with E-state index in [1.807, 2.05) is 24.5 Å². The van der Waals surface area contributed by atoms with Gasteiger partial charge in [0.15, 0.2) is 0 Å². The Hall–Kier alpha value is -1.61. The number of rotatable bonds is 2. The number of hydrogen-bond acceptors (Lipinski definition) is 2. The predicted molar refractivity (Wildman–Crippen MR) is 75.1 cm³/mol. The monoisotopic (exact) mass is 256 g/mol. The highest BCUT2D eigenvalue weighted by Gasteiger charge is 2.33. The lowest BCUT2D eigenvalue weighted by Crippen LogP contribution is -2.26. The van der Waals surface area contributed by atoms with Gasteiger partial charge in [0.1, 0.15) is 5.82 Å². The van der Waals surface area contributed by atoms with Crippen molar-refractivity contribution in [1.82, 2.24) is 9.55 Å². The van der Waals surface area contributed by atoms with Crippen molar-refractivity contribution in [3.05, 3.63) is 53.6 Å². The molecule has 3 heteroatoms. The molecule has 0 bridgehead atoms. The van der Waals surface area contributed by atoms with Gasteiger partial charge in [-0.2, -0.15) is 0 Å². The zero-order chi connectivity index (χ0) is 13.4. The summed E-state index contributed by atoms with van der Waals surface area (Å²) in [6.07, 6.45) is 5.24. The van der Waals surface area contributed by atoms with Crippen molar-refractivity contribution >= 4 is 0 Å². The molecule has 0 amide bonds. The molecule has 1 aliphatic carbocycles. The molecular weight excluding hydrogens is 236 g/mol. The van der Waals surface area contributed by atoms with Crippen LogP contribution >= 0.6 is 0 Å². The predicted octanol–water partition coefficient (Wildman–Crippen LogP) is 3.23. The molecule has 1 heterocycles. The molecule has 19 heavy (non-hydrogen) atoms. The van der Waals surface area contributed by atoms with Crippen LogP contribution in [-0.4, -0.2) is 14.7 Å². The summed E-state index contributed by atoms with van der Waals surface area (Å²) in [6.45, 7) is 4.34. The molecule has 3 rings (SSSR count). The van der Waals surface area contributed by atoms with E-state index in [-0.39, 0.29) is 6.04 Å². The Balaban J connectivity index is 2.03. The zero-order valence-electron chi connectivity index (χ0n) is 11.5. The Bertz CT molecular complexity index is 576.